The van der Waals surface area contributed by atoms with Crippen molar-refractivity contribution in [3.8, 4) is 6.07 Å². The van der Waals surface area contributed by atoms with Gasteiger partial charge in [-0.05, 0) is 42.8 Å². The molecule has 2 aliphatic heterocycles. The lowest BCUT2D eigenvalue weighted by Gasteiger charge is -2.33. The molecule has 0 aliphatic carbocycles. The normalized spacial score (nSPS) is 15.6. The van der Waals surface area contributed by atoms with Crippen molar-refractivity contribution in [3.05, 3.63) is 97.6 Å². The van der Waals surface area contributed by atoms with Crippen LogP contribution in [0.15, 0.2) is 60.6 Å². The van der Waals surface area contributed by atoms with Gasteiger partial charge in [-0.2, -0.15) is 5.26 Å². The molecule has 0 saturated carbocycles. The van der Waals surface area contributed by atoms with Crippen LogP contribution < -0.4 is 21.6 Å². The van der Waals surface area contributed by atoms with Crippen molar-refractivity contribution >= 4 is 74.4 Å². The molecule has 2 aromatic carbocycles. The molecule has 0 bridgehead atoms. The molecule has 1 atom stereocenters. The van der Waals surface area contributed by atoms with Gasteiger partial charge in [-0.1, -0.05) is 58.5 Å². The Kier molecular flexibility index (Phi) is 7.70. The average molecular weight is 628 g/mol. The number of hydrogen-bond acceptors (Lipinski definition) is 9. The second-order valence-corrected chi connectivity index (χ2v) is 11.2. The van der Waals surface area contributed by atoms with E-state index >= 15 is 0 Å². The second-order valence-electron chi connectivity index (χ2n) is 9.61. The van der Waals surface area contributed by atoms with Crippen LogP contribution >= 0.6 is 46.4 Å². The van der Waals surface area contributed by atoms with Gasteiger partial charge < -0.3 is 20.8 Å². The molecule has 4 N–H and O–H groups in total. The highest BCUT2D eigenvalue weighted by Crippen LogP contribution is 2.38. The summed E-state index contributed by atoms with van der Waals surface area (Å²) >= 11 is 25.8. The molecule has 1 fully saturated rings. The Bertz CT molecular complexity index is 1740. The topological polar surface area (TPSA) is 110 Å². The summed E-state index contributed by atoms with van der Waals surface area (Å²) in [7, 11) is 0. The van der Waals surface area contributed by atoms with E-state index in [-0.39, 0.29) is 16.3 Å². The van der Waals surface area contributed by atoms with Gasteiger partial charge in [0, 0.05) is 39.7 Å². The number of fused-ring (bicyclic) bond motifs is 1. The lowest BCUT2D eigenvalue weighted by molar-refractivity contribution is -0.0635. The van der Waals surface area contributed by atoms with Crippen LogP contribution in [0.1, 0.15) is 22.7 Å². The first kappa shape index (κ1) is 27.7. The lowest BCUT2D eigenvalue weighted by atomic mass is 10.0. The smallest absolute Gasteiger partial charge is 0.136 e. The van der Waals surface area contributed by atoms with E-state index in [0.29, 0.717) is 56.7 Å². The lowest BCUT2D eigenvalue weighted by Crippen LogP contribution is -2.52. The molecule has 0 unspecified atom stereocenters. The fraction of sp³-hybridized carbons (Fsp3) is 0.179. The maximum absolute atomic E-state index is 9.91. The van der Waals surface area contributed by atoms with E-state index in [1.807, 2.05) is 48.5 Å². The van der Waals surface area contributed by atoms with Gasteiger partial charge in [0.1, 0.15) is 16.4 Å². The number of hydrogen-bond donors (Lipinski definition) is 4. The summed E-state index contributed by atoms with van der Waals surface area (Å²) < 4.78 is 5.34. The average Bonchev–Trinajstić information content (AvgIpc) is 3.38. The molecule has 4 heterocycles. The van der Waals surface area contributed by atoms with Gasteiger partial charge in [0.25, 0.3) is 0 Å². The zero-order valence-corrected chi connectivity index (χ0v) is 24.5. The van der Waals surface area contributed by atoms with E-state index in [9.17, 15) is 5.26 Å². The Labute approximate surface area is 256 Å². The second kappa shape index (κ2) is 11.4. The third-order valence-corrected chi connectivity index (χ3v) is 8.09. The molecule has 0 amide bonds. The van der Waals surface area contributed by atoms with E-state index in [1.54, 1.807) is 12.1 Å². The predicted octanol–water partition coefficient (Wildman–Crippen LogP) is 6.89. The van der Waals surface area contributed by atoms with Crippen LogP contribution in [0.3, 0.4) is 0 Å². The highest BCUT2D eigenvalue weighted by atomic mass is 35.5. The molecule has 2 aliphatic rings. The van der Waals surface area contributed by atoms with Crippen molar-refractivity contribution in [1.29, 1.82) is 5.26 Å². The van der Waals surface area contributed by atoms with Gasteiger partial charge in [0.15, 0.2) is 0 Å². The van der Waals surface area contributed by atoms with E-state index < -0.39 is 6.04 Å². The number of ether oxygens (including phenoxy) is 1. The van der Waals surface area contributed by atoms with Gasteiger partial charge in [0.2, 0.25) is 0 Å². The summed E-state index contributed by atoms with van der Waals surface area (Å²) in [5, 5.41) is 20.9. The standard InChI is InChI=1S/C28H22Cl4N8O/c1-14-2-3-16(7-21(14)29)35-25-15(9-33)10-34-26-20(25)6-17(8-22(26)30)36-27(19-4-5-24(31)37-28(19)32)23-11-40(39-38-23)18-12-41-13-18/h2-8,10-11,18,27,36,38-39H,12-13H2,1H3,(H,34,35)/t27-/m0/s1. The summed E-state index contributed by atoms with van der Waals surface area (Å²) in [6.07, 6.45) is 3.46. The number of nitriles is 1. The van der Waals surface area contributed by atoms with Crippen molar-refractivity contribution < 1.29 is 4.74 Å². The number of anilines is 3. The number of aryl methyl sites for hydroxylation is 1. The minimum atomic E-state index is -0.473. The van der Waals surface area contributed by atoms with Gasteiger partial charge >= 0.3 is 0 Å². The molecule has 13 heteroatoms. The number of aromatic nitrogens is 2. The number of halogens is 4. The first-order valence-electron chi connectivity index (χ1n) is 12.5. The zero-order valence-electron chi connectivity index (χ0n) is 21.5. The van der Waals surface area contributed by atoms with Crippen molar-refractivity contribution in [2.24, 2.45) is 0 Å². The molecule has 1 saturated heterocycles. The van der Waals surface area contributed by atoms with E-state index in [2.05, 4.69) is 37.6 Å². The maximum atomic E-state index is 9.91. The molecule has 9 nitrogen and oxygen atoms in total. The molecule has 41 heavy (non-hydrogen) atoms. The predicted molar refractivity (Wildman–Crippen MR) is 162 cm³/mol. The number of rotatable bonds is 7. The van der Waals surface area contributed by atoms with Crippen LogP contribution in [0.2, 0.25) is 20.4 Å². The summed E-state index contributed by atoms with van der Waals surface area (Å²) in [6.45, 7) is 3.17. The van der Waals surface area contributed by atoms with Crippen LogP contribution in [0.5, 0.6) is 0 Å². The molecular formula is C28H22Cl4N8O. The van der Waals surface area contributed by atoms with Gasteiger partial charge in [-0.3, -0.25) is 9.99 Å². The van der Waals surface area contributed by atoms with Crippen LogP contribution in [0.25, 0.3) is 10.9 Å². The van der Waals surface area contributed by atoms with E-state index in [1.165, 1.54) is 6.20 Å². The number of nitrogens with one attached hydrogen (secondary N) is 4. The number of hydrazine groups is 2. The third kappa shape index (κ3) is 5.55. The van der Waals surface area contributed by atoms with Crippen LogP contribution in [0, 0.1) is 18.3 Å². The van der Waals surface area contributed by atoms with Crippen molar-refractivity contribution in [2.75, 3.05) is 23.8 Å². The molecule has 208 valence electrons. The maximum Gasteiger partial charge on any atom is 0.136 e. The summed E-state index contributed by atoms with van der Waals surface area (Å²) in [4.78, 5) is 8.71. The minimum absolute atomic E-state index is 0.203. The number of pyridine rings is 2. The molecule has 0 radical (unpaired) electrons. The summed E-state index contributed by atoms with van der Waals surface area (Å²) in [5.41, 5.74) is 11.6. The Hall–Kier alpha value is -3.49. The molecule has 2 aromatic heterocycles. The number of benzene rings is 2. The largest absolute Gasteiger partial charge is 0.377 e. The Morgan fingerprint density at radius 2 is 1.88 bits per heavy atom. The third-order valence-electron chi connectivity index (χ3n) is 6.88. The molecule has 0 spiro atoms. The van der Waals surface area contributed by atoms with Crippen LogP contribution in [0.4, 0.5) is 17.1 Å². The van der Waals surface area contributed by atoms with Crippen molar-refractivity contribution in [1.82, 2.24) is 25.9 Å². The fourth-order valence-corrected chi connectivity index (χ4v) is 5.48. The Balaban J connectivity index is 1.43. The quantitative estimate of drug-likeness (QED) is 0.163. The first-order chi connectivity index (χ1) is 19.8. The first-order valence-corrected chi connectivity index (χ1v) is 14.1. The molecule has 6 rings (SSSR count). The highest BCUT2D eigenvalue weighted by Gasteiger charge is 2.31. The van der Waals surface area contributed by atoms with Gasteiger partial charge in [-0.25, -0.2) is 4.98 Å². The zero-order chi connectivity index (χ0) is 28.7. The Morgan fingerprint density at radius 3 is 2.59 bits per heavy atom. The van der Waals surface area contributed by atoms with E-state index in [4.69, 9.17) is 51.1 Å². The van der Waals surface area contributed by atoms with Gasteiger partial charge in [0.05, 0.1) is 52.8 Å². The molecule has 4 aromatic rings. The number of nitrogens with zero attached hydrogens (tertiary/aromatic N) is 4. The molecular weight excluding hydrogens is 606 g/mol. The SMILES string of the molecule is Cc1ccc(Nc2c(C#N)cnc3c(Cl)cc(N[C@H](C4=CN(C5COC5)NN4)c4ccc(Cl)nc4Cl)cc23)cc1Cl. The van der Waals surface area contributed by atoms with Crippen molar-refractivity contribution in [3.63, 3.8) is 0 Å². The minimum Gasteiger partial charge on any atom is -0.377 e. The van der Waals surface area contributed by atoms with Crippen molar-refractivity contribution in [2.45, 2.75) is 19.0 Å². The Morgan fingerprint density at radius 1 is 1.07 bits per heavy atom. The van der Waals surface area contributed by atoms with Crippen LogP contribution in [-0.4, -0.2) is 34.2 Å². The van der Waals surface area contributed by atoms with Crippen LogP contribution in [-0.2, 0) is 4.74 Å². The van der Waals surface area contributed by atoms with E-state index in [0.717, 1.165) is 16.9 Å². The highest BCUT2D eigenvalue weighted by molar-refractivity contribution is 6.36. The monoisotopic (exact) mass is 626 g/mol. The van der Waals surface area contributed by atoms with Gasteiger partial charge in [-0.15, -0.1) is 5.53 Å². The summed E-state index contributed by atoms with van der Waals surface area (Å²) in [6, 6.07) is 14.7. The fourth-order valence-electron chi connectivity index (χ4n) is 4.58. The summed E-state index contributed by atoms with van der Waals surface area (Å²) in [5.74, 6) is 0.